The molecular weight excluding hydrogens is 314 g/mol. The normalized spacial score (nSPS) is 18.0. The van der Waals surface area contributed by atoms with Gasteiger partial charge in [-0.2, -0.15) is 0 Å². The Labute approximate surface area is 147 Å². The molecule has 1 aliphatic heterocycles. The molecule has 3 heterocycles. The molecule has 0 N–H and O–H groups in total. The van der Waals surface area contributed by atoms with Gasteiger partial charge in [-0.15, -0.1) is 0 Å². The fourth-order valence-electron chi connectivity index (χ4n) is 3.77. The first-order chi connectivity index (χ1) is 12.1. The van der Waals surface area contributed by atoms with E-state index in [4.69, 9.17) is 4.42 Å². The van der Waals surface area contributed by atoms with Crippen LogP contribution in [0, 0.1) is 19.8 Å². The summed E-state index contributed by atoms with van der Waals surface area (Å²) in [5.74, 6) is 0.962. The van der Waals surface area contributed by atoms with Gasteiger partial charge >= 0.3 is 0 Å². The molecule has 1 amide bonds. The maximum atomic E-state index is 13.0. The van der Waals surface area contributed by atoms with Gasteiger partial charge in [0.15, 0.2) is 5.76 Å². The fourth-order valence-corrected chi connectivity index (χ4v) is 3.77. The summed E-state index contributed by atoms with van der Waals surface area (Å²) in [6.45, 7) is 6.48. The van der Waals surface area contributed by atoms with Gasteiger partial charge in [-0.25, -0.2) is 4.98 Å². The molecule has 0 bridgehead atoms. The van der Waals surface area contributed by atoms with E-state index in [0.29, 0.717) is 11.7 Å². The number of benzene rings is 1. The highest BCUT2D eigenvalue weighted by Gasteiger charge is 2.28. The third-order valence-corrected chi connectivity index (χ3v) is 5.12. The maximum Gasteiger partial charge on any atom is 0.289 e. The predicted octanol–water partition coefficient (Wildman–Crippen LogP) is 3.80. The van der Waals surface area contributed by atoms with Crippen molar-refractivity contribution in [2.75, 3.05) is 13.1 Å². The van der Waals surface area contributed by atoms with Gasteiger partial charge in [0.1, 0.15) is 5.58 Å². The Hall–Kier alpha value is -2.56. The molecule has 25 heavy (non-hydrogen) atoms. The van der Waals surface area contributed by atoms with Crippen LogP contribution in [0.2, 0.25) is 0 Å². The fraction of sp³-hybridized carbons (Fsp3) is 0.400. The average Bonchev–Trinajstić information content (AvgIpc) is 3.22. The zero-order valence-electron chi connectivity index (χ0n) is 14.7. The van der Waals surface area contributed by atoms with Crippen LogP contribution in [0.25, 0.3) is 11.0 Å². The number of carbonyl (C=O) groups is 1. The third kappa shape index (κ3) is 3.06. The molecule has 1 atom stereocenters. The van der Waals surface area contributed by atoms with Crippen molar-refractivity contribution in [2.45, 2.75) is 33.2 Å². The molecule has 3 aromatic rings. The zero-order chi connectivity index (χ0) is 17.4. The number of aryl methyl sites for hydroxylation is 2. The average molecular weight is 337 g/mol. The molecule has 0 aliphatic carbocycles. The highest BCUT2D eigenvalue weighted by molar-refractivity contribution is 5.99. The molecule has 4 rings (SSSR count). The van der Waals surface area contributed by atoms with Crippen LogP contribution in [-0.2, 0) is 6.54 Å². The second-order valence-electron chi connectivity index (χ2n) is 7.07. The Kier molecular flexibility index (Phi) is 4.07. The number of rotatable bonds is 3. The van der Waals surface area contributed by atoms with Crippen molar-refractivity contribution in [1.29, 1.82) is 0 Å². The number of carbonyl (C=O) groups excluding carboxylic acids is 1. The van der Waals surface area contributed by atoms with E-state index in [1.807, 2.05) is 43.4 Å². The van der Waals surface area contributed by atoms with Gasteiger partial charge in [-0.3, -0.25) is 4.79 Å². The molecular formula is C20H23N3O2. The first-order valence-corrected chi connectivity index (χ1v) is 8.86. The molecule has 0 saturated carbocycles. The minimum Gasteiger partial charge on any atom is -0.451 e. The number of furan rings is 1. The van der Waals surface area contributed by atoms with Crippen LogP contribution in [-0.4, -0.2) is 33.4 Å². The number of aromatic nitrogens is 2. The van der Waals surface area contributed by atoms with Crippen LogP contribution >= 0.6 is 0 Å². The molecule has 1 aliphatic rings. The minimum atomic E-state index is 0.0154. The van der Waals surface area contributed by atoms with E-state index in [0.717, 1.165) is 54.6 Å². The highest BCUT2D eigenvalue weighted by Crippen LogP contribution is 2.28. The van der Waals surface area contributed by atoms with Gasteiger partial charge in [-0.05, 0) is 44.2 Å². The van der Waals surface area contributed by atoms with Gasteiger partial charge in [0.25, 0.3) is 5.91 Å². The molecule has 1 saturated heterocycles. The molecule has 1 aromatic carbocycles. The van der Waals surface area contributed by atoms with Gasteiger partial charge in [0.2, 0.25) is 0 Å². The van der Waals surface area contributed by atoms with Crippen LogP contribution in [0.15, 0.2) is 41.3 Å². The lowest BCUT2D eigenvalue weighted by atomic mass is 9.97. The van der Waals surface area contributed by atoms with E-state index in [9.17, 15) is 4.79 Å². The number of nitrogens with zero attached hydrogens (tertiary/aromatic N) is 3. The van der Waals surface area contributed by atoms with Crippen LogP contribution in [0.3, 0.4) is 0 Å². The standard InChI is InChI=1S/C20H23N3O2/c1-14-5-6-17-15(2)19(25-18(17)10-14)20(24)23-8-3-4-16(12-23)11-22-9-7-21-13-22/h5-7,9-10,13,16H,3-4,8,11-12H2,1-2H3/t16-/m0/s1. The third-order valence-electron chi connectivity index (χ3n) is 5.12. The van der Waals surface area contributed by atoms with Crippen molar-refractivity contribution in [3.05, 3.63) is 53.8 Å². The van der Waals surface area contributed by atoms with Crippen LogP contribution in [0.5, 0.6) is 0 Å². The first kappa shape index (κ1) is 15.9. The molecule has 0 unspecified atom stereocenters. The SMILES string of the molecule is Cc1ccc2c(C)c(C(=O)N3CCC[C@@H](Cn4ccnc4)C3)oc2c1. The van der Waals surface area contributed by atoms with Gasteiger partial charge in [-0.1, -0.05) is 12.1 Å². The summed E-state index contributed by atoms with van der Waals surface area (Å²) in [5.41, 5.74) is 2.88. The monoisotopic (exact) mass is 337 g/mol. The van der Waals surface area contributed by atoms with Gasteiger partial charge in [0.05, 0.1) is 6.33 Å². The van der Waals surface area contributed by atoms with E-state index >= 15 is 0 Å². The summed E-state index contributed by atoms with van der Waals surface area (Å²) in [7, 11) is 0. The number of piperidine rings is 1. The Morgan fingerprint density at radius 1 is 1.36 bits per heavy atom. The first-order valence-electron chi connectivity index (χ1n) is 8.86. The Balaban J connectivity index is 1.55. The topological polar surface area (TPSA) is 51.3 Å². The van der Waals surface area contributed by atoms with E-state index in [1.165, 1.54) is 0 Å². The number of amides is 1. The maximum absolute atomic E-state index is 13.0. The summed E-state index contributed by atoms with van der Waals surface area (Å²) in [6, 6.07) is 6.09. The number of imidazole rings is 1. The Bertz CT molecular complexity index is 895. The Morgan fingerprint density at radius 3 is 3.04 bits per heavy atom. The molecule has 0 spiro atoms. The smallest absolute Gasteiger partial charge is 0.289 e. The number of likely N-dealkylation sites (tertiary alicyclic amines) is 1. The van der Waals surface area contributed by atoms with Crippen LogP contribution in [0.1, 0.15) is 34.5 Å². The lowest BCUT2D eigenvalue weighted by Gasteiger charge is -2.32. The van der Waals surface area contributed by atoms with E-state index in [-0.39, 0.29) is 5.91 Å². The number of hydrogen-bond acceptors (Lipinski definition) is 3. The lowest BCUT2D eigenvalue weighted by molar-refractivity contribution is 0.0631. The molecule has 130 valence electrons. The highest BCUT2D eigenvalue weighted by atomic mass is 16.3. The van der Waals surface area contributed by atoms with E-state index in [2.05, 4.69) is 15.6 Å². The van der Waals surface area contributed by atoms with Crippen molar-refractivity contribution < 1.29 is 9.21 Å². The summed E-state index contributed by atoms with van der Waals surface area (Å²) >= 11 is 0. The van der Waals surface area contributed by atoms with Crippen LogP contribution in [0.4, 0.5) is 0 Å². The summed E-state index contributed by atoms with van der Waals surface area (Å²) in [4.78, 5) is 19.1. The van der Waals surface area contributed by atoms with Crippen molar-refractivity contribution in [1.82, 2.24) is 14.5 Å². The second-order valence-corrected chi connectivity index (χ2v) is 7.07. The number of hydrogen-bond donors (Lipinski definition) is 0. The summed E-state index contributed by atoms with van der Waals surface area (Å²) in [5, 5.41) is 1.03. The second kappa shape index (κ2) is 6.39. The van der Waals surface area contributed by atoms with E-state index < -0.39 is 0 Å². The predicted molar refractivity (Wildman–Crippen MR) is 96.5 cm³/mol. The largest absolute Gasteiger partial charge is 0.451 e. The quantitative estimate of drug-likeness (QED) is 0.730. The van der Waals surface area contributed by atoms with Crippen molar-refractivity contribution in [2.24, 2.45) is 5.92 Å². The van der Waals surface area contributed by atoms with Gasteiger partial charge in [0, 0.05) is 43.0 Å². The number of fused-ring (bicyclic) bond motifs is 1. The minimum absolute atomic E-state index is 0.0154. The Morgan fingerprint density at radius 2 is 2.24 bits per heavy atom. The van der Waals surface area contributed by atoms with Crippen molar-refractivity contribution in [3.8, 4) is 0 Å². The van der Waals surface area contributed by atoms with Crippen molar-refractivity contribution >= 4 is 16.9 Å². The molecule has 5 nitrogen and oxygen atoms in total. The molecule has 2 aromatic heterocycles. The van der Waals surface area contributed by atoms with Crippen LogP contribution < -0.4 is 0 Å². The molecule has 5 heteroatoms. The molecule has 1 fully saturated rings. The van der Waals surface area contributed by atoms with Gasteiger partial charge < -0.3 is 13.9 Å². The summed E-state index contributed by atoms with van der Waals surface area (Å²) < 4.78 is 8.02. The zero-order valence-corrected chi connectivity index (χ0v) is 14.7. The summed E-state index contributed by atoms with van der Waals surface area (Å²) in [6.07, 6.45) is 7.79. The van der Waals surface area contributed by atoms with Crippen molar-refractivity contribution in [3.63, 3.8) is 0 Å². The lowest BCUT2D eigenvalue weighted by Crippen LogP contribution is -2.41. The van der Waals surface area contributed by atoms with E-state index in [1.54, 1.807) is 6.20 Å². The molecule has 0 radical (unpaired) electrons.